The highest BCUT2D eigenvalue weighted by Crippen LogP contribution is 2.21. The van der Waals surface area contributed by atoms with Crippen LogP contribution in [0.15, 0.2) is 28.1 Å². The van der Waals surface area contributed by atoms with E-state index in [4.69, 9.17) is 0 Å². The standard InChI is InChI=1S/C11H16N2S2/c1-4-10(5-2)7-6-8-14-11-13-12-9(3)15-11/h4,6-7H,5,8H2,1-3H3. The van der Waals surface area contributed by atoms with Crippen LogP contribution in [0, 0.1) is 6.92 Å². The van der Waals surface area contributed by atoms with E-state index in [1.165, 1.54) is 5.57 Å². The summed E-state index contributed by atoms with van der Waals surface area (Å²) >= 11 is 3.39. The number of rotatable bonds is 5. The monoisotopic (exact) mass is 240 g/mol. The summed E-state index contributed by atoms with van der Waals surface area (Å²) in [5, 5.41) is 9.06. The molecule has 0 atom stereocenters. The van der Waals surface area contributed by atoms with Gasteiger partial charge in [-0.1, -0.05) is 53.8 Å². The van der Waals surface area contributed by atoms with Gasteiger partial charge in [-0.3, -0.25) is 0 Å². The maximum atomic E-state index is 4.06. The molecule has 0 bridgehead atoms. The lowest BCUT2D eigenvalue weighted by atomic mass is 10.2. The van der Waals surface area contributed by atoms with Gasteiger partial charge >= 0.3 is 0 Å². The number of hydrogen-bond donors (Lipinski definition) is 0. The van der Waals surface area contributed by atoms with E-state index >= 15 is 0 Å². The molecule has 2 nitrogen and oxygen atoms in total. The Hall–Kier alpha value is -0.610. The second kappa shape index (κ2) is 6.80. The molecule has 0 radical (unpaired) electrons. The van der Waals surface area contributed by atoms with Crippen molar-refractivity contribution in [3.63, 3.8) is 0 Å². The first-order valence-corrected chi connectivity index (χ1v) is 6.81. The molecule has 0 aliphatic rings. The number of aryl methyl sites for hydroxylation is 1. The van der Waals surface area contributed by atoms with Crippen LogP contribution in [0.1, 0.15) is 25.3 Å². The van der Waals surface area contributed by atoms with Gasteiger partial charge in [0.1, 0.15) is 5.01 Å². The summed E-state index contributed by atoms with van der Waals surface area (Å²) in [6.07, 6.45) is 7.60. The molecule has 0 aromatic carbocycles. The number of aromatic nitrogens is 2. The van der Waals surface area contributed by atoms with Gasteiger partial charge in [0, 0.05) is 5.75 Å². The fourth-order valence-corrected chi connectivity index (χ4v) is 2.73. The second-order valence-electron chi connectivity index (χ2n) is 3.02. The summed E-state index contributed by atoms with van der Waals surface area (Å²) in [6, 6.07) is 0. The van der Waals surface area contributed by atoms with Crippen molar-refractivity contribution in [3.05, 3.63) is 28.8 Å². The van der Waals surface area contributed by atoms with Crippen molar-refractivity contribution in [2.24, 2.45) is 0 Å². The molecule has 0 unspecified atom stereocenters. The number of allylic oxidation sites excluding steroid dienone is 3. The van der Waals surface area contributed by atoms with E-state index < -0.39 is 0 Å². The lowest BCUT2D eigenvalue weighted by Gasteiger charge is -1.93. The van der Waals surface area contributed by atoms with Crippen LogP contribution in [0.3, 0.4) is 0 Å². The van der Waals surface area contributed by atoms with E-state index in [2.05, 4.69) is 42.3 Å². The zero-order valence-electron chi connectivity index (χ0n) is 9.36. The third-order valence-corrected chi connectivity index (χ3v) is 3.85. The maximum absolute atomic E-state index is 4.06. The van der Waals surface area contributed by atoms with Crippen LogP contribution >= 0.6 is 23.1 Å². The highest BCUT2D eigenvalue weighted by molar-refractivity contribution is 8.01. The quantitative estimate of drug-likeness (QED) is 0.577. The van der Waals surface area contributed by atoms with Crippen LogP contribution in [0.2, 0.25) is 0 Å². The summed E-state index contributed by atoms with van der Waals surface area (Å²) in [6.45, 7) is 6.22. The van der Waals surface area contributed by atoms with Gasteiger partial charge in [-0.25, -0.2) is 0 Å². The average molecular weight is 240 g/mol. The predicted molar refractivity (Wildman–Crippen MR) is 68.6 cm³/mol. The lowest BCUT2D eigenvalue weighted by Crippen LogP contribution is -1.76. The van der Waals surface area contributed by atoms with E-state index in [9.17, 15) is 0 Å². The molecular formula is C11H16N2S2. The summed E-state index contributed by atoms with van der Waals surface area (Å²) in [5.74, 6) is 0.964. The van der Waals surface area contributed by atoms with Gasteiger partial charge in [-0.05, 0) is 20.3 Å². The third-order valence-electron chi connectivity index (χ3n) is 1.92. The minimum absolute atomic E-state index is 0.964. The Morgan fingerprint density at radius 1 is 1.47 bits per heavy atom. The van der Waals surface area contributed by atoms with Crippen LogP contribution in [0.25, 0.3) is 0 Å². The average Bonchev–Trinajstić information content (AvgIpc) is 2.65. The van der Waals surface area contributed by atoms with Crippen LogP contribution in [0.4, 0.5) is 0 Å². The Kier molecular flexibility index (Phi) is 5.65. The molecule has 1 aromatic heterocycles. The Balaban J connectivity index is 2.33. The Morgan fingerprint density at radius 3 is 2.80 bits per heavy atom. The highest BCUT2D eigenvalue weighted by Gasteiger charge is 1.98. The van der Waals surface area contributed by atoms with Gasteiger partial charge in [0.25, 0.3) is 0 Å². The molecule has 1 aromatic rings. The smallest absolute Gasteiger partial charge is 0.143 e. The molecule has 0 N–H and O–H groups in total. The fourth-order valence-electron chi connectivity index (χ4n) is 1.07. The van der Waals surface area contributed by atoms with Gasteiger partial charge in [0.15, 0.2) is 4.34 Å². The number of nitrogens with zero attached hydrogens (tertiary/aromatic N) is 2. The van der Waals surface area contributed by atoms with Gasteiger partial charge in [-0.2, -0.15) is 0 Å². The largest absolute Gasteiger partial charge is 0.174 e. The molecule has 0 saturated carbocycles. The molecule has 0 aliphatic carbocycles. The molecule has 1 heterocycles. The van der Waals surface area contributed by atoms with Gasteiger partial charge < -0.3 is 0 Å². The van der Waals surface area contributed by atoms with Crippen LogP contribution in [-0.4, -0.2) is 16.0 Å². The van der Waals surface area contributed by atoms with E-state index in [0.717, 1.165) is 21.5 Å². The molecule has 1 rings (SSSR count). The lowest BCUT2D eigenvalue weighted by molar-refractivity contribution is 0.984. The van der Waals surface area contributed by atoms with E-state index in [0.29, 0.717) is 0 Å². The summed E-state index contributed by atoms with van der Waals surface area (Å²) in [5.41, 5.74) is 1.38. The topological polar surface area (TPSA) is 25.8 Å². The molecule has 0 amide bonds. The summed E-state index contributed by atoms with van der Waals surface area (Å²) < 4.78 is 1.05. The summed E-state index contributed by atoms with van der Waals surface area (Å²) in [7, 11) is 0. The first-order valence-electron chi connectivity index (χ1n) is 5.01. The van der Waals surface area contributed by atoms with E-state index in [1.807, 2.05) is 6.92 Å². The van der Waals surface area contributed by atoms with Crippen LogP contribution in [-0.2, 0) is 0 Å². The van der Waals surface area contributed by atoms with Crippen molar-refractivity contribution in [1.82, 2.24) is 10.2 Å². The van der Waals surface area contributed by atoms with Crippen molar-refractivity contribution in [3.8, 4) is 0 Å². The molecule has 15 heavy (non-hydrogen) atoms. The number of hydrogen-bond acceptors (Lipinski definition) is 4. The van der Waals surface area contributed by atoms with Gasteiger partial charge in [0.2, 0.25) is 0 Å². The van der Waals surface area contributed by atoms with Crippen molar-refractivity contribution in [2.75, 3.05) is 5.75 Å². The maximum Gasteiger partial charge on any atom is 0.174 e. The molecule has 0 fully saturated rings. The Morgan fingerprint density at radius 2 is 2.27 bits per heavy atom. The first-order chi connectivity index (χ1) is 7.26. The van der Waals surface area contributed by atoms with Gasteiger partial charge in [0.05, 0.1) is 0 Å². The minimum atomic E-state index is 0.964. The van der Waals surface area contributed by atoms with Gasteiger partial charge in [-0.15, -0.1) is 10.2 Å². The normalized spacial score (nSPS) is 12.6. The SMILES string of the molecule is CC=C(C=CCSc1nnc(C)s1)CC. The predicted octanol–water partition coefficient (Wildman–Crippen LogP) is 3.85. The van der Waals surface area contributed by atoms with E-state index in [-0.39, 0.29) is 0 Å². The molecule has 4 heteroatoms. The number of thioether (sulfide) groups is 1. The molecule has 0 saturated heterocycles. The second-order valence-corrected chi connectivity index (χ2v) is 5.47. The fraction of sp³-hybridized carbons (Fsp3) is 0.455. The van der Waals surface area contributed by atoms with Crippen molar-refractivity contribution in [1.29, 1.82) is 0 Å². The molecule has 0 spiro atoms. The van der Waals surface area contributed by atoms with Crippen LogP contribution in [0.5, 0.6) is 0 Å². The van der Waals surface area contributed by atoms with Crippen molar-refractivity contribution in [2.45, 2.75) is 31.5 Å². The Bertz CT molecular complexity index is 353. The third kappa shape index (κ3) is 4.62. The minimum Gasteiger partial charge on any atom is -0.143 e. The Labute approximate surface area is 99.5 Å². The van der Waals surface area contributed by atoms with Crippen LogP contribution < -0.4 is 0 Å². The van der Waals surface area contributed by atoms with Crippen molar-refractivity contribution >= 4 is 23.1 Å². The highest BCUT2D eigenvalue weighted by atomic mass is 32.2. The molecule has 0 aliphatic heterocycles. The molecule has 82 valence electrons. The summed E-state index contributed by atoms with van der Waals surface area (Å²) in [4.78, 5) is 0. The van der Waals surface area contributed by atoms with E-state index in [1.54, 1.807) is 23.1 Å². The molecular weight excluding hydrogens is 224 g/mol. The zero-order chi connectivity index (χ0) is 11.1. The zero-order valence-corrected chi connectivity index (χ0v) is 11.0. The first kappa shape index (κ1) is 12.5. The van der Waals surface area contributed by atoms with Crippen molar-refractivity contribution < 1.29 is 0 Å².